The van der Waals surface area contributed by atoms with Crippen molar-refractivity contribution in [1.29, 1.82) is 0 Å². The molecule has 0 N–H and O–H groups in total. The van der Waals surface area contributed by atoms with E-state index in [1.54, 1.807) is 14.2 Å². The Morgan fingerprint density at radius 3 is 1.21 bits per heavy atom. The average Bonchev–Trinajstić information content (AvgIpc) is 2.62. The van der Waals surface area contributed by atoms with E-state index in [1.165, 1.54) is 43.4 Å². The molecule has 4 aromatic carbocycles. The lowest BCUT2D eigenvalue weighted by Crippen LogP contribution is -2.14. The quantitative estimate of drug-likeness (QED) is 0.345. The highest BCUT2D eigenvalue weighted by Crippen LogP contribution is 2.47. The smallest absolute Gasteiger partial charge is 0.130 e. The largest absolute Gasteiger partial charge is 0.496 e. The molecule has 2 nitrogen and oxygen atoms in total. The Kier molecular flexibility index (Phi) is 4.05. The molecule has 0 radical (unpaired) electrons. The molecule has 0 aliphatic rings. The summed E-state index contributed by atoms with van der Waals surface area (Å²) in [5.74, 6) is 1.96. The van der Waals surface area contributed by atoms with Gasteiger partial charge in [0, 0.05) is 32.7 Å². The summed E-state index contributed by atoms with van der Waals surface area (Å²) in [4.78, 5) is 0. The first-order valence-electron chi connectivity index (χ1n) is 9.95. The monoisotopic (exact) mass is 374 g/mol. The van der Waals surface area contributed by atoms with Crippen LogP contribution in [0.25, 0.3) is 32.3 Å². The molecule has 4 rings (SSSR count). The molecule has 0 spiro atoms. The average molecular weight is 375 g/mol. The zero-order valence-electron chi connectivity index (χ0n) is 18.3. The van der Waals surface area contributed by atoms with Crippen molar-refractivity contribution in [3.8, 4) is 11.5 Å². The minimum atomic E-state index is 0.00684. The summed E-state index contributed by atoms with van der Waals surface area (Å²) in [5.41, 5.74) is 2.49. The van der Waals surface area contributed by atoms with Crippen molar-refractivity contribution in [2.45, 2.75) is 52.4 Å². The maximum absolute atomic E-state index is 5.93. The summed E-state index contributed by atoms with van der Waals surface area (Å²) >= 11 is 0. The van der Waals surface area contributed by atoms with E-state index in [4.69, 9.17) is 9.47 Å². The Hall–Kier alpha value is -2.48. The topological polar surface area (TPSA) is 18.5 Å². The van der Waals surface area contributed by atoms with Crippen LogP contribution in [0.3, 0.4) is 0 Å². The molecule has 0 saturated heterocycles. The lowest BCUT2D eigenvalue weighted by molar-refractivity contribution is 0.402. The van der Waals surface area contributed by atoms with Crippen molar-refractivity contribution in [2.75, 3.05) is 14.2 Å². The van der Waals surface area contributed by atoms with Crippen molar-refractivity contribution in [3.05, 3.63) is 47.5 Å². The van der Waals surface area contributed by atoms with Crippen molar-refractivity contribution >= 4 is 32.3 Å². The molecule has 0 amide bonds. The van der Waals surface area contributed by atoms with Crippen molar-refractivity contribution in [3.63, 3.8) is 0 Å². The van der Waals surface area contributed by atoms with Gasteiger partial charge in [-0.25, -0.2) is 0 Å². The molecule has 0 saturated carbocycles. The lowest BCUT2D eigenvalue weighted by atomic mass is 9.80. The van der Waals surface area contributed by atoms with E-state index < -0.39 is 0 Å². The van der Waals surface area contributed by atoms with Crippen molar-refractivity contribution < 1.29 is 9.47 Å². The second-order valence-electron chi connectivity index (χ2n) is 9.84. The van der Waals surface area contributed by atoms with Crippen LogP contribution in [-0.4, -0.2) is 14.2 Å². The van der Waals surface area contributed by atoms with Gasteiger partial charge in [0.1, 0.15) is 11.5 Å². The first kappa shape index (κ1) is 18.9. The second kappa shape index (κ2) is 6.01. The van der Waals surface area contributed by atoms with Crippen molar-refractivity contribution in [1.82, 2.24) is 0 Å². The fraction of sp³-hybridized carbons (Fsp3) is 0.385. The molecule has 0 aromatic heterocycles. The summed E-state index contributed by atoms with van der Waals surface area (Å²) in [6.45, 7) is 13.4. The zero-order chi connectivity index (χ0) is 20.4. The van der Waals surface area contributed by atoms with Crippen LogP contribution in [-0.2, 0) is 10.8 Å². The summed E-state index contributed by atoms with van der Waals surface area (Å²) < 4.78 is 11.9. The number of hydrogen-bond donors (Lipinski definition) is 0. The fourth-order valence-electron chi connectivity index (χ4n) is 4.45. The van der Waals surface area contributed by atoms with Gasteiger partial charge in [0.2, 0.25) is 0 Å². The second-order valence-corrected chi connectivity index (χ2v) is 9.84. The Morgan fingerprint density at radius 1 is 0.571 bits per heavy atom. The Morgan fingerprint density at radius 2 is 0.929 bits per heavy atom. The van der Waals surface area contributed by atoms with Crippen LogP contribution < -0.4 is 9.47 Å². The van der Waals surface area contributed by atoms with Gasteiger partial charge < -0.3 is 9.47 Å². The molecule has 0 fully saturated rings. The molecule has 0 atom stereocenters. The van der Waals surface area contributed by atoms with Crippen molar-refractivity contribution in [2.24, 2.45) is 0 Å². The maximum atomic E-state index is 5.93. The molecule has 0 heterocycles. The molecule has 28 heavy (non-hydrogen) atoms. The molecule has 2 heteroatoms. The summed E-state index contributed by atoms with van der Waals surface area (Å²) in [6, 6.07) is 13.5. The SMILES string of the molecule is COc1c(C(C)(C)C)cc2ccc3c(OC)c(C(C)(C)C)cc4ccc1c2c43. The predicted octanol–water partition coefficient (Wildman–Crippen LogP) is 7.20. The van der Waals surface area contributed by atoms with Gasteiger partial charge in [-0.05, 0) is 45.9 Å². The van der Waals surface area contributed by atoms with Crippen LogP contribution in [0.2, 0.25) is 0 Å². The van der Waals surface area contributed by atoms with Crippen LogP contribution >= 0.6 is 0 Å². The van der Waals surface area contributed by atoms with E-state index >= 15 is 0 Å². The summed E-state index contributed by atoms with van der Waals surface area (Å²) in [6.07, 6.45) is 0. The van der Waals surface area contributed by atoms with Crippen LogP contribution in [0.15, 0.2) is 36.4 Å². The van der Waals surface area contributed by atoms with Crippen LogP contribution in [0.1, 0.15) is 52.7 Å². The van der Waals surface area contributed by atoms with Crippen LogP contribution in [0, 0.1) is 0 Å². The summed E-state index contributed by atoms with van der Waals surface area (Å²) in [7, 11) is 3.55. The molecule has 4 aromatic rings. The van der Waals surface area contributed by atoms with E-state index in [9.17, 15) is 0 Å². The number of rotatable bonds is 2. The number of benzene rings is 4. The van der Waals surface area contributed by atoms with Gasteiger partial charge in [-0.1, -0.05) is 53.7 Å². The third-order valence-electron chi connectivity index (χ3n) is 5.83. The molecular formula is C26H30O2. The standard InChI is InChI=1S/C26H30O2/c1-25(2,3)19-13-15-9-12-18-22-16(10-11-17(21(15)22)23(19)27-7)14-20(24(18)28-8)26(4,5)6/h9-14H,1-8H3. The summed E-state index contributed by atoms with van der Waals surface area (Å²) in [5, 5.41) is 7.38. The normalized spacial score (nSPS) is 13.0. The van der Waals surface area contributed by atoms with Gasteiger partial charge in [0.15, 0.2) is 0 Å². The Labute approximate surface area is 167 Å². The van der Waals surface area contributed by atoms with E-state index in [0.29, 0.717) is 0 Å². The number of ether oxygens (including phenoxy) is 2. The number of methoxy groups -OCH3 is 2. The van der Waals surface area contributed by atoms with E-state index in [2.05, 4.69) is 77.9 Å². The molecule has 0 aliphatic heterocycles. The van der Waals surface area contributed by atoms with Crippen LogP contribution in [0.5, 0.6) is 11.5 Å². The molecular weight excluding hydrogens is 344 g/mol. The third kappa shape index (κ3) is 2.62. The van der Waals surface area contributed by atoms with Gasteiger partial charge in [-0.3, -0.25) is 0 Å². The van der Waals surface area contributed by atoms with E-state index in [0.717, 1.165) is 11.5 Å². The van der Waals surface area contributed by atoms with Gasteiger partial charge >= 0.3 is 0 Å². The highest BCUT2D eigenvalue weighted by molar-refractivity contribution is 6.25. The minimum Gasteiger partial charge on any atom is -0.496 e. The van der Waals surface area contributed by atoms with E-state index in [-0.39, 0.29) is 10.8 Å². The third-order valence-corrected chi connectivity index (χ3v) is 5.83. The first-order chi connectivity index (χ1) is 13.1. The zero-order valence-corrected chi connectivity index (χ0v) is 18.3. The molecule has 0 unspecified atom stereocenters. The number of hydrogen-bond acceptors (Lipinski definition) is 2. The molecule has 146 valence electrons. The Bertz CT molecular complexity index is 1090. The molecule has 0 aliphatic carbocycles. The van der Waals surface area contributed by atoms with E-state index in [1.807, 2.05) is 0 Å². The van der Waals surface area contributed by atoms with Gasteiger partial charge in [0.05, 0.1) is 14.2 Å². The lowest BCUT2D eigenvalue weighted by Gasteiger charge is -2.27. The fourth-order valence-corrected chi connectivity index (χ4v) is 4.45. The highest BCUT2D eigenvalue weighted by Gasteiger charge is 2.26. The van der Waals surface area contributed by atoms with Gasteiger partial charge in [0.25, 0.3) is 0 Å². The van der Waals surface area contributed by atoms with Gasteiger partial charge in [-0.15, -0.1) is 0 Å². The minimum absolute atomic E-state index is 0.00684. The van der Waals surface area contributed by atoms with Gasteiger partial charge in [-0.2, -0.15) is 0 Å². The highest BCUT2D eigenvalue weighted by atomic mass is 16.5. The maximum Gasteiger partial charge on any atom is 0.130 e. The Balaban J connectivity index is 2.24. The first-order valence-corrected chi connectivity index (χ1v) is 9.95. The molecule has 0 bridgehead atoms. The predicted molar refractivity (Wildman–Crippen MR) is 121 cm³/mol. The van der Waals surface area contributed by atoms with Crippen LogP contribution in [0.4, 0.5) is 0 Å².